The number of hydrogen-bond acceptors (Lipinski definition) is 6. The lowest BCUT2D eigenvalue weighted by atomic mass is 10.1. The summed E-state index contributed by atoms with van der Waals surface area (Å²) in [5.41, 5.74) is 3.19. The molecule has 0 spiro atoms. The molecule has 28 heavy (non-hydrogen) atoms. The van der Waals surface area contributed by atoms with Crippen molar-refractivity contribution in [1.29, 1.82) is 0 Å². The van der Waals surface area contributed by atoms with Crippen molar-refractivity contribution in [3.8, 4) is 5.69 Å². The maximum Gasteiger partial charge on any atom is 0.256 e. The van der Waals surface area contributed by atoms with E-state index < -0.39 is 0 Å². The monoisotopic (exact) mass is 378 g/mol. The molecule has 4 rings (SSSR count). The van der Waals surface area contributed by atoms with Crippen molar-refractivity contribution >= 4 is 11.7 Å². The molecule has 0 N–H and O–H groups in total. The normalized spacial score (nSPS) is 14.8. The molecule has 0 atom stereocenters. The molecule has 8 heteroatoms. The molecule has 1 amide bonds. The lowest BCUT2D eigenvalue weighted by Gasteiger charge is -2.22. The largest absolute Gasteiger partial charge is 0.334 e. The SMILES string of the molecule is Cc1ccc(-n2nccn2)c(C(=O)N2CCON(c3cccc(C)n3)CC2)c1. The van der Waals surface area contributed by atoms with Gasteiger partial charge in [-0.05, 0) is 38.1 Å². The number of hydroxylamine groups is 1. The number of anilines is 1. The zero-order chi connectivity index (χ0) is 19.5. The van der Waals surface area contributed by atoms with Gasteiger partial charge in [-0.25, -0.2) is 10.0 Å². The number of benzene rings is 1. The van der Waals surface area contributed by atoms with Gasteiger partial charge < -0.3 is 4.90 Å². The number of carbonyl (C=O) groups is 1. The van der Waals surface area contributed by atoms with E-state index in [1.54, 1.807) is 22.4 Å². The minimum absolute atomic E-state index is 0.0568. The number of carbonyl (C=O) groups excluding carboxylic acids is 1. The Bertz CT molecular complexity index is 973. The molecule has 3 heterocycles. The summed E-state index contributed by atoms with van der Waals surface area (Å²) >= 11 is 0. The molecule has 3 aromatic rings. The molecule has 1 aromatic carbocycles. The van der Waals surface area contributed by atoms with Gasteiger partial charge in [0.1, 0.15) is 0 Å². The van der Waals surface area contributed by atoms with Gasteiger partial charge in [-0.1, -0.05) is 17.7 Å². The number of hydrogen-bond donors (Lipinski definition) is 0. The molecule has 2 aromatic heterocycles. The molecule has 8 nitrogen and oxygen atoms in total. The molecule has 0 bridgehead atoms. The quantitative estimate of drug-likeness (QED) is 0.695. The van der Waals surface area contributed by atoms with Crippen molar-refractivity contribution < 1.29 is 9.63 Å². The van der Waals surface area contributed by atoms with E-state index in [0.29, 0.717) is 37.5 Å². The van der Waals surface area contributed by atoms with Crippen LogP contribution in [0.25, 0.3) is 5.69 Å². The first kappa shape index (κ1) is 18.1. The van der Waals surface area contributed by atoms with Gasteiger partial charge in [0.2, 0.25) is 0 Å². The molecule has 0 aliphatic carbocycles. The van der Waals surface area contributed by atoms with E-state index in [1.165, 1.54) is 4.80 Å². The second kappa shape index (κ2) is 7.77. The highest BCUT2D eigenvalue weighted by atomic mass is 16.7. The first-order chi connectivity index (χ1) is 13.6. The summed E-state index contributed by atoms with van der Waals surface area (Å²) in [6.07, 6.45) is 3.20. The summed E-state index contributed by atoms with van der Waals surface area (Å²) in [7, 11) is 0. The molecule has 1 saturated heterocycles. The van der Waals surface area contributed by atoms with Crippen molar-refractivity contribution in [1.82, 2.24) is 24.9 Å². The molecule has 0 radical (unpaired) electrons. The Morgan fingerprint density at radius 2 is 1.86 bits per heavy atom. The highest BCUT2D eigenvalue weighted by molar-refractivity contribution is 5.98. The first-order valence-corrected chi connectivity index (χ1v) is 9.22. The van der Waals surface area contributed by atoms with Crippen LogP contribution in [0.1, 0.15) is 21.6 Å². The van der Waals surface area contributed by atoms with Crippen LogP contribution in [-0.2, 0) is 4.84 Å². The van der Waals surface area contributed by atoms with Crippen molar-refractivity contribution in [2.24, 2.45) is 0 Å². The molecule has 144 valence electrons. The summed E-state index contributed by atoms with van der Waals surface area (Å²) in [4.78, 5) is 26.9. The standard InChI is InChI=1S/C20H22N6O2/c1-15-6-7-18(26-21-8-9-22-26)17(14-15)20(27)24-10-11-25(28-13-12-24)19-5-3-4-16(2)23-19/h3-9,14H,10-13H2,1-2H3. The predicted octanol–water partition coefficient (Wildman–Crippen LogP) is 2.17. The number of pyridine rings is 1. The Balaban J connectivity index is 1.55. The lowest BCUT2D eigenvalue weighted by molar-refractivity contribution is 0.0730. The Hall–Kier alpha value is -3.26. The van der Waals surface area contributed by atoms with Gasteiger partial charge in [0.15, 0.2) is 5.82 Å². The van der Waals surface area contributed by atoms with Crippen molar-refractivity contribution in [2.75, 3.05) is 31.3 Å². The zero-order valence-electron chi connectivity index (χ0n) is 15.9. The van der Waals surface area contributed by atoms with E-state index in [2.05, 4.69) is 15.2 Å². The fourth-order valence-electron chi connectivity index (χ4n) is 3.21. The second-order valence-electron chi connectivity index (χ2n) is 6.70. The van der Waals surface area contributed by atoms with Crippen LogP contribution in [0.15, 0.2) is 48.8 Å². The number of aryl methyl sites for hydroxylation is 2. The maximum atomic E-state index is 13.3. The summed E-state index contributed by atoms with van der Waals surface area (Å²) in [6, 6.07) is 11.5. The van der Waals surface area contributed by atoms with E-state index in [0.717, 1.165) is 17.1 Å². The molecular weight excluding hydrogens is 356 g/mol. The molecular formula is C20H22N6O2. The Morgan fingerprint density at radius 3 is 2.64 bits per heavy atom. The van der Waals surface area contributed by atoms with Crippen LogP contribution >= 0.6 is 0 Å². The van der Waals surface area contributed by atoms with Crippen LogP contribution in [0.2, 0.25) is 0 Å². The van der Waals surface area contributed by atoms with Crippen LogP contribution in [0.4, 0.5) is 5.82 Å². The third-order valence-electron chi connectivity index (χ3n) is 4.61. The summed E-state index contributed by atoms with van der Waals surface area (Å²) in [5.74, 6) is 0.699. The minimum Gasteiger partial charge on any atom is -0.334 e. The Morgan fingerprint density at radius 1 is 1.04 bits per heavy atom. The highest BCUT2D eigenvalue weighted by Crippen LogP contribution is 2.19. The molecule has 0 unspecified atom stereocenters. The third-order valence-corrected chi connectivity index (χ3v) is 4.61. The Kier molecular flexibility index (Phi) is 5.03. The third kappa shape index (κ3) is 3.72. The molecule has 1 fully saturated rings. The number of rotatable bonds is 3. The summed E-state index contributed by atoms with van der Waals surface area (Å²) < 4.78 is 0. The van der Waals surface area contributed by atoms with Crippen molar-refractivity contribution in [3.05, 3.63) is 65.6 Å². The average Bonchev–Trinajstić information content (AvgIpc) is 3.11. The van der Waals surface area contributed by atoms with Crippen molar-refractivity contribution in [3.63, 3.8) is 0 Å². The Labute approximate surface area is 163 Å². The highest BCUT2D eigenvalue weighted by Gasteiger charge is 2.24. The van der Waals surface area contributed by atoms with Gasteiger partial charge in [0, 0.05) is 18.8 Å². The number of amides is 1. The molecule has 0 saturated carbocycles. The fraction of sp³-hybridized carbons (Fsp3) is 0.300. The van der Waals surface area contributed by atoms with Crippen LogP contribution in [0.5, 0.6) is 0 Å². The van der Waals surface area contributed by atoms with Gasteiger partial charge in [-0.2, -0.15) is 15.0 Å². The van der Waals surface area contributed by atoms with E-state index in [-0.39, 0.29) is 5.91 Å². The first-order valence-electron chi connectivity index (χ1n) is 9.22. The van der Waals surface area contributed by atoms with Crippen molar-refractivity contribution in [2.45, 2.75) is 13.8 Å². The zero-order valence-corrected chi connectivity index (χ0v) is 15.9. The fourth-order valence-corrected chi connectivity index (χ4v) is 3.21. The van der Waals surface area contributed by atoms with Crippen LogP contribution in [0, 0.1) is 13.8 Å². The summed E-state index contributed by atoms with van der Waals surface area (Å²) in [6.45, 7) is 5.90. The van der Waals surface area contributed by atoms with Gasteiger partial charge in [-0.15, -0.1) is 0 Å². The average molecular weight is 378 g/mol. The van der Waals surface area contributed by atoms with E-state index in [1.807, 2.05) is 50.2 Å². The number of aromatic nitrogens is 4. The van der Waals surface area contributed by atoms with Gasteiger partial charge in [0.05, 0.1) is 36.8 Å². The van der Waals surface area contributed by atoms with Gasteiger partial charge in [0.25, 0.3) is 5.91 Å². The molecule has 1 aliphatic rings. The van der Waals surface area contributed by atoms with Crippen LogP contribution in [-0.4, -0.2) is 57.0 Å². The maximum absolute atomic E-state index is 13.3. The van der Waals surface area contributed by atoms with E-state index in [4.69, 9.17) is 4.84 Å². The smallest absolute Gasteiger partial charge is 0.256 e. The van der Waals surface area contributed by atoms with E-state index >= 15 is 0 Å². The second-order valence-corrected chi connectivity index (χ2v) is 6.70. The lowest BCUT2D eigenvalue weighted by Crippen LogP contribution is -2.36. The van der Waals surface area contributed by atoms with E-state index in [9.17, 15) is 4.79 Å². The molecule has 1 aliphatic heterocycles. The van der Waals surface area contributed by atoms with Gasteiger partial charge in [-0.3, -0.25) is 9.63 Å². The van der Waals surface area contributed by atoms with Gasteiger partial charge >= 0.3 is 0 Å². The van der Waals surface area contributed by atoms with Crippen LogP contribution < -0.4 is 5.06 Å². The number of nitrogens with zero attached hydrogens (tertiary/aromatic N) is 6. The summed E-state index contributed by atoms with van der Waals surface area (Å²) in [5, 5.41) is 10.1. The van der Waals surface area contributed by atoms with Crippen LogP contribution in [0.3, 0.4) is 0 Å². The minimum atomic E-state index is -0.0568. The predicted molar refractivity (Wildman–Crippen MR) is 104 cm³/mol. The topological polar surface area (TPSA) is 76.4 Å².